The van der Waals surface area contributed by atoms with Crippen LogP contribution in [0, 0.1) is 0 Å². The van der Waals surface area contributed by atoms with Gasteiger partial charge in [0.15, 0.2) is 11.5 Å². The molecular weight excluding hydrogens is 475 g/mol. The number of ether oxygens (including phenoxy) is 3. The van der Waals surface area contributed by atoms with Gasteiger partial charge in [-0.1, -0.05) is 11.6 Å². The van der Waals surface area contributed by atoms with Gasteiger partial charge in [-0.25, -0.2) is 9.97 Å². The van der Waals surface area contributed by atoms with Crippen molar-refractivity contribution < 1.29 is 18.8 Å². The van der Waals surface area contributed by atoms with Gasteiger partial charge in [0.1, 0.15) is 19.3 Å². The van der Waals surface area contributed by atoms with Gasteiger partial charge < -0.3 is 24.1 Å². The number of fused-ring (bicyclic) bond motifs is 1. The summed E-state index contributed by atoms with van der Waals surface area (Å²) in [6.07, 6.45) is 2.40. The number of morpholine rings is 1. The fourth-order valence-electron chi connectivity index (χ4n) is 3.89. The zero-order chi connectivity index (χ0) is 24.1. The first kappa shape index (κ1) is 24.7. The lowest BCUT2D eigenvalue weighted by molar-refractivity contribution is 0.0357. The maximum atomic E-state index is 12.4. The Balaban J connectivity index is 1.52. The van der Waals surface area contributed by atoms with Crippen molar-refractivity contribution in [3.8, 4) is 11.5 Å². The van der Waals surface area contributed by atoms with Crippen molar-refractivity contribution in [3.05, 3.63) is 41.7 Å². The Morgan fingerprint density at radius 1 is 1.15 bits per heavy atom. The van der Waals surface area contributed by atoms with Crippen LogP contribution in [0.25, 0.3) is 10.9 Å². The van der Waals surface area contributed by atoms with E-state index in [-0.39, 0.29) is 0 Å². The number of benzene rings is 2. The Morgan fingerprint density at radius 2 is 1.94 bits per heavy atom. The van der Waals surface area contributed by atoms with E-state index in [1.54, 1.807) is 32.6 Å². The minimum atomic E-state index is -2.46. The molecule has 182 valence electrons. The second-order valence-corrected chi connectivity index (χ2v) is 12.1. The molecule has 0 unspecified atom stereocenters. The van der Waals surface area contributed by atoms with E-state index in [1.165, 1.54) is 6.33 Å². The van der Waals surface area contributed by atoms with Gasteiger partial charge in [0.2, 0.25) is 0 Å². The van der Waals surface area contributed by atoms with Gasteiger partial charge >= 0.3 is 0 Å². The molecule has 34 heavy (non-hydrogen) atoms. The molecule has 2 aromatic carbocycles. The number of nitrogens with zero attached hydrogens (tertiary/aromatic N) is 3. The molecule has 0 aliphatic carbocycles. The number of methoxy groups -OCH3 is 1. The second-order valence-electron chi connectivity index (χ2n) is 8.54. The fraction of sp³-hybridized carbons (Fsp3) is 0.417. The van der Waals surface area contributed by atoms with E-state index >= 15 is 0 Å². The van der Waals surface area contributed by atoms with Gasteiger partial charge in [0.25, 0.3) is 0 Å². The molecule has 8 nitrogen and oxygen atoms in total. The molecule has 0 amide bonds. The Kier molecular flexibility index (Phi) is 7.94. The molecular formula is C24H30ClN4O4P. The third-order valence-corrected chi connectivity index (χ3v) is 7.69. The molecule has 3 aromatic rings. The molecule has 1 aliphatic rings. The maximum absolute atomic E-state index is 12.4. The summed E-state index contributed by atoms with van der Waals surface area (Å²) < 4.78 is 29.4. The highest BCUT2D eigenvalue weighted by molar-refractivity contribution is 7.70. The van der Waals surface area contributed by atoms with E-state index in [0.717, 1.165) is 55.9 Å². The van der Waals surface area contributed by atoms with E-state index in [2.05, 4.69) is 20.2 Å². The summed E-state index contributed by atoms with van der Waals surface area (Å²) >= 11 is 6.40. The van der Waals surface area contributed by atoms with Crippen molar-refractivity contribution in [3.63, 3.8) is 0 Å². The summed E-state index contributed by atoms with van der Waals surface area (Å²) in [7, 11) is -0.844. The number of halogens is 1. The highest BCUT2D eigenvalue weighted by Crippen LogP contribution is 2.39. The summed E-state index contributed by atoms with van der Waals surface area (Å²) in [5.41, 5.74) is 1.47. The van der Waals surface area contributed by atoms with Crippen LogP contribution in [0.1, 0.15) is 6.42 Å². The highest BCUT2D eigenvalue weighted by Gasteiger charge is 2.17. The molecule has 1 N–H and O–H groups in total. The third-order valence-electron chi connectivity index (χ3n) is 5.69. The standard InChI is InChI=1S/C24H30ClN4O4P/c1-31-21-15-20-18(14-22(21)33-10-4-7-29-8-11-32-12-9-29)24(27-16-26-20)28-17-5-6-23(19(25)13-17)34(2,3)30/h5-6,13-16H,4,7-12H2,1-3H3,(H,26,27,28). The van der Waals surface area contributed by atoms with Crippen LogP contribution in [-0.2, 0) is 9.30 Å². The summed E-state index contributed by atoms with van der Waals surface area (Å²) in [6, 6.07) is 9.15. The fourth-order valence-corrected chi connectivity index (χ4v) is 5.69. The van der Waals surface area contributed by atoms with Crippen LogP contribution in [-0.4, -0.2) is 74.8 Å². The van der Waals surface area contributed by atoms with Gasteiger partial charge in [-0.05, 0) is 44.0 Å². The normalized spacial score (nSPS) is 14.8. The maximum Gasteiger partial charge on any atom is 0.162 e. The summed E-state index contributed by atoms with van der Waals surface area (Å²) in [6.45, 7) is 8.45. The van der Waals surface area contributed by atoms with Crippen molar-refractivity contribution in [1.29, 1.82) is 0 Å². The van der Waals surface area contributed by atoms with Gasteiger partial charge in [-0.3, -0.25) is 4.90 Å². The number of hydrogen-bond donors (Lipinski definition) is 1. The Morgan fingerprint density at radius 3 is 2.65 bits per heavy atom. The van der Waals surface area contributed by atoms with Crippen LogP contribution < -0.4 is 20.1 Å². The van der Waals surface area contributed by atoms with Gasteiger partial charge in [-0.2, -0.15) is 0 Å². The summed E-state index contributed by atoms with van der Waals surface area (Å²) in [5, 5.41) is 5.21. The van der Waals surface area contributed by atoms with Crippen molar-refractivity contribution in [2.24, 2.45) is 0 Å². The molecule has 0 atom stereocenters. The molecule has 4 rings (SSSR count). The van der Waals surface area contributed by atoms with E-state index in [1.807, 2.05) is 18.2 Å². The van der Waals surface area contributed by atoms with Gasteiger partial charge in [0.05, 0.1) is 37.5 Å². The quantitative estimate of drug-likeness (QED) is 0.339. The second kappa shape index (κ2) is 10.9. The van der Waals surface area contributed by atoms with E-state index in [4.69, 9.17) is 25.8 Å². The summed E-state index contributed by atoms with van der Waals surface area (Å²) in [5.74, 6) is 1.88. The van der Waals surface area contributed by atoms with E-state index < -0.39 is 7.14 Å². The lowest BCUT2D eigenvalue weighted by Crippen LogP contribution is -2.37. The zero-order valence-corrected chi connectivity index (χ0v) is 21.4. The number of aromatic nitrogens is 2. The lowest BCUT2D eigenvalue weighted by atomic mass is 10.2. The van der Waals surface area contributed by atoms with Gasteiger partial charge in [-0.15, -0.1) is 0 Å². The molecule has 0 bridgehead atoms. The third kappa shape index (κ3) is 5.99. The molecule has 0 radical (unpaired) electrons. The summed E-state index contributed by atoms with van der Waals surface area (Å²) in [4.78, 5) is 11.2. The largest absolute Gasteiger partial charge is 0.493 e. The Labute approximate surface area is 204 Å². The predicted octanol–water partition coefficient (Wildman–Crippen LogP) is 4.38. The number of nitrogens with one attached hydrogen (secondary N) is 1. The SMILES string of the molecule is COc1cc2ncnc(Nc3ccc(P(C)(C)=O)c(Cl)c3)c2cc1OCCCN1CCOCC1. The molecule has 10 heteroatoms. The predicted molar refractivity (Wildman–Crippen MR) is 137 cm³/mol. The first-order chi connectivity index (χ1) is 16.3. The van der Waals surface area contributed by atoms with Crippen molar-refractivity contribution in [2.45, 2.75) is 6.42 Å². The Hall–Kier alpha value is -2.38. The zero-order valence-electron chi connectivity index (χ0n) is 19.7. The molecule has 1 aliphatic heterocycles. The van der Waals surface area contributed by atoms with Crippen LogP contribution in [0.2, 0.25) is 5.02 Å². The first-order valence-electron chi connectivity index (χ1n) is 11.2. The first-order valence-corrected chi connectivity index (χ1v) is 14.2. The van der Waals surface area contributed by atoms with Crippen molar-refractivity contribution in [2.75, 3.05) is 65.2 Å². The van der Waals surface area contributed by atoms with Crippen LogP contribution in [0.5, 0.6) is 11.5 Å². The minimum absolute atomic E-state index is 0.461. The minimum Gasteiger partial charge on any atom is -0.493 e. The monoisotopic (exact) mass is 504 g/mol. The van der Waals surface area contributed by atoms with Crippen molar-refractivity contribution >= 4 is 46.5 Å². The molecule has 0 saturated carbocycles. The van der Waals surface area contributed by atoms with Crippen LogP contribution in [0.4, 0.5) is 11.5 Å². The van der Waals surface area contributed by atoms with Crippen LogP contribution in [0.15, 0.2) is 36.7 Å². The van der Waals surface area contributed by atoms with E-state index in [0.29, 0.717) is 34.3 Å². The topological polar surface area (TPSA) is 85.8 Å². The van der Waals surface area contributed by atoms with Crippen LogP contribution in [0.3, 0.4) is 0 Å². The van der Waals surface area contributed by atoms with Crippen molar-refractivity contribution in [1.82, 2.24) is 14.9 Å². The number of hydrogen-bond acceptors (Lipinski definition) is 8. The molecule has 2 heterocycles. The lowest BCUT2D eigenvalue weighted by Gasteiger charge is -2.26. The molecule has 0 spiro atoms. The van der Waals surface area contributed by atoms with Gasteiger partial charge in [0, 0.05) is 42.1 Å². The molecule has 1 saturated heterocycles. The molecule has 1 aromatic heterocycles. The number of anilines is 2. The smallest absolute Gasteiger partial charge is 0.162 e. The highest BCUT2D eigenvalue weighted by atomic mass is 35.5. The number of rotatable bonds is 9. The van der Waals surface area contributed by atoms with Crippen LogP contribution >= 0.6 is 18.7 Å². The molecule has 1 fully saturated rings. The average molecular weight is 505 g/mol. The van der Waals surface area contributed by atoms with E-state index in [9.17, 15) is 4.57 Å². The Bertz CT molecular complexity index is 1200. The average Bonchev–Trinajstić information content (AvgIpc) is 2.81.